The zero-order valence-corrected chi connectivity index (χ0v) is 18.4. The van der Waals surface area contributed by atoms with E-state index in [2.05, 4.69) is 33.3 Å². The molecule has 2 fully saturated rings. The maximum Gasteiger partial charge on any atom is 0.235 e. The number of anilines is 1. The lowest BCUT2D eigenvalue weighted by atomic mass is 9.65. The second-order valence-corrected chi connectivity index (χ2v) is 9.01. The van der Waals surface area contributed by atoms with Gasteiger partial charge in [0.05, 0.1) is 16.8 Å². The Labute approximate surface area is 188 Å². The van der Waals surface area contributed by atoms with Crippen molar-refractivity contribution >= 4 is 29.2 Å². The zero-order chi connectivity index (χ0) is 22.1. The number of piperidine rings is 1. The van der Waals surface area contributed by atoms with Crippen LogP contribution in [0.3, 0.4) is 0 Å². The van der Waals surface area contributed by atoms with Crippen molar-refractivity contribution in [1.82, 2.24) is 9.88 Å². The minimum atomic E-state index is -0.429. The second-order valence-electron chi connectivity index (χ2n) is 9.01. The number of hydrogen-bond acceptors (Lipinski definition) is 6. The number of aliphatic imine (C=N–C) groups is 1. The fourth-order valence-corrected chi connectivity index (χ4v) is 4.78. The molecule has 7 nitrogen and oxygen atoms in total. The van der Waals surface area contributed by atoms with Crippen molar-refractivity contribution in [2.24, 2.45) is 10.7 Å². The summed E-state index contributed by atoms with van der Waals surface area (Å²) in [6.07, 6.45) is 11.8. The molecule has 2 aromatic rings. The average molecular weight is 432 g/mol. The van der Waals surface area contributed by atoms with Crippen LogP contribution >= 0.6 is 0 Å². The summed E-state index contributed by atoms with van der Waals surface area (Å²) in [6.45, 7) is 2.02. The molecular weight excluding hydrogens is 402 g/mol. The van der Waals surface area contributed by atoms with Gasteiger partial charge in [0, 0.05) is 43.0 Å². The third kappa shape index (κ3) is 3.77. The summed E-state index contributed by atoms with van der Waals surface area (Å²) in [5, 5.41) is 3.12. The van der Waals surface area contributed by atoms with Crippen LogP contribution in [0.1, 0.15) is 43.2 Å². The average Bonchev–Trinajstić information content (AvgIpc) is 3.08. The number of nitrogens with zero attached hydrogens (tertiary/aromatic N) is 3. The van der Waals surface area contributed by atoms with Gasteiger partial charge in [-0.15, -0.1) is 0 Å². The van der Waals surface area contributed by atoms with E-state index in [1.165, 1.54) is 0 Å². The highest BCUT2D eigenvalue weighted by Gasteiger charge is 2.52. The highest BCUT2D eigenvalue weighted by molar-refractivity contribution is 6.08. The molecule has 0 atom stereocenters. The Morgan fingerprint density at radius 3 is 2.72 bits per heavy atom. The molecular formula is C25H29N5O2. The van der Waals surface area contributed by atoms with E-state index in [0.717, 1.165) is 73.4 Å². The number of hydrogen-bond donors (Lipinski definition) is 2. The van der Waals surface area contributed by atoms with Gasteiger partial charge in [0.25, 0.3) is 0 Å². The summed E-state index contributed by atoms with van der Waals surface area (Å²) in [5.41, 5.74) is 10.1. The molecule has 0 bridgehead atoms. The van der Waals surface area contributed by atoms with Gasteiger partial charge in [0.2, 0.25) is 5.91 Å². The molecule has 32 heavy (non-hydrogen) atoms. The van der Waals surface area contributed by atoms with E-state index in [4.69, 9.17) is 10.5 Å². The first-order chi connectivity index (χ1) is 15.5. The third-order valence-electron chi connectivity index (χ3n) is 6.93. The van der Waals surface area contributed by atoms with Crippen LogP contribution in [0.25, 0.3) is 5.70 Å². The molecule has 1 saturated heterocycles. The SMILES string of the molecule is CN1CCC(Oc2cc(C(N)=CC=Nc3ccncc3)cc3c2NC(=O)C32CCC2)CC1. The van der Waals surface area contributed by atoms with Gasteiger partial charge in [-0.1, -0.05) is 6.42 Å². The van der Waals surface area contributed by atoms with Crippen molar-refractivity contribution in [1.29, 1.82) is 0 Å². The molecule has 1 spiro atoms. The van der Waals surface area contributed by atoms with Crippen molar-refractivity contribution in [3.05, 3.63) is 53.9 Å². The molecule has 0 radical (unpaired) electrons. The zero-order valence-electron chi connectivity index (χ0n) is 18.4. The van der Waals surface area contributed by atoms with E-state index in [-0.39, 0.29) is 12.0 Å². The van der Waals surface area contributed by atoms with Gasteiger partial charge in [-0.25, -0.2) is 0 Å². The highest BCUT2D eigenvalue weighted by Crippen LogP contribution is 2.54. The Morgan fingerprint density at radius 1 is 1.28 bits per heavy atom. The van der Waals surface area contributed by atoms with E-state index in [1.807, 2.05) is 18.2 Å². The topological polar surface area (TPSA) is 92.8 Å². The molecule has 1 amide bonds. The maximum absolute atomic E-state index is 12.9. The lowest BCUT2D eigenvalue weighted by Crippen LogP contribution is -2.40. The maximum atomic E-state index is 12.9. The number of carbonyl (C=O) groups is 1. The molecule has 166 valence electrons. The number of likely N-dealkylation sites (tertiary alicyclic amines) is 1. The van der Waals surface area contributed by atoms with Gasteiger partial charge in [0.15, 0.2) is 0 Å². The predicted octanol–water partition coefficient (Wildman–Crippen LogP) is 3.63. The molecule has 1 saturated carbocycles. The number of aromatic nitrogens is 1. The molecule has 2 aliphatic heterocycles. The smallest absolute Gasteiger partial charge is 0.235 e. The van der Waals surface area contributed by atoms with Crippen LogP contribution in [0.5, 0.6) is 5.75 Å². The van der Waals surface area contributed by atoms with Gasteiger partial charge in [-0.05, 0) is 68.6 Å². The molecule has 3 aliphatic rings. The number of benzene rings is 1. The van der Waals surface area contributed by atoms with E-state index >= 15 is 0 Å². The second kappa shape index (κ2) is 8.39. The number of nitrogens with one attached hydrogen (secondary N) is 1. The predicted molar refractivity (Wildman–Crippen MR) is 126 cm³/mol. The molecule has 1 aromatic heterocycles. The van der Waals surface area contributed by atoms with Gasteiger partial charge in [-0.2, -0.15) is 0 Å². The van der Waals surface area contributed by atoms with Crippen molar-refractivity contribution < 1.29 is 9.53 Å². The van der Waals surface area contributed by atoms with Crippen LogP contribution in [0.2, 0.25) is 0 Å². The van der Waals surface area contributed by atoms with Crippen LogP contribution < -0.4 is 15.8 Å². The Kier molecular flexibility index (Phi) is 5.43. The first-order valence-corrected chi connectivity index (χ1v) is 11.3. The molecule has 7 heteroatoms. The Balaban J connectivity index is 1.47. The summed E-state index contributed by atoms with van der Waals surface area (Å²) in [4.78, 5) is 23.6. The number of ether oxygens (including phenoxy) is 1. The minimum Gasteiger partial charge on any atom is -0.488 e. The number of nitrogens with two attached hydrogens (primary N) is 1. The summed E-state index contributed by atoms with van der Waals surface area (Å²) in [6, 6.07) is 7.68. The van der Waals surface area contributed by atoms with Gasteiger partial charge < -0.3 is 20.7 Å². The summed E-state index contributed by atoms with van der Waals surface area (Å²) < 4.78 is 6.46. The number of allylic oxidation sites excluding steroid dienone is 1. The van der Waals surface area contributed by atoms with Gasteiger partial charge in [0.1, 0.15) is 11.9 Å². The summed E-state index contributed by atoms with van der Waals surface area (Å²) >= 11 is 0. The number of carbonyl (C=O) groups excluding carboxylic acids is 1. The Bertz CT molecular complexity index is 1070. The normalized spacial score (nSPS) is 20.9. The number of fused-ring (bicyclic) bond motifs is 2. The molecule has 0 unspecified atom stereocenters. The van der Waals surface area contributed by atoms with E-state index < -0.39 is 5.41 Å². The minimum absolute atomic E-state index is 0.0888. The van der Waals surface area contributed by atoms with Crippen molar-refractivity contribution in [3.8, 4) is 5.75 Å². The molecule has 1 aliphatic carbocycles. The lowest BCUT2D eigenvalue weighted by molar-refractivity contribution is -0.123. The van der Waals surface area contributed by atoms with Gasteiger partial charge >= 0.3 is 0 Å². The summed E-state index contributed by atoms with van der Waals surface area (Å²) in [5.74, 6) is 0.817. The largest absolute Gasteiger partial charge is 0.488 e. The van der Waals surface area contributed by atoms with Crippen LogP contribution in [0, 0.1) is 0 Å². The van der Waals surface area contributed by atoms with Crippen LogP contribution in [0.4, 0.5) is 11.4 Å². The number of rotatable bonds is 5. The first kappa shape index (κ1) is 20.7. The number of pyridine rings is 1. The molecule has 1 aromatic carbocycles. The highest BCUT2D eigenvalue weighted by atomic mass is 16.5. The molecule has 3 N–H and O–H groups in total. The lowest BCUT2D eigenvalue weighted by Gasteiger charge is -2.36. The van der Waals surface area contributed by atoms with E-state index in [9.17, 15) is 4.79 Å². The fourth-order valence-electron chi connectivity index (χ4n) is 4.78. The monoisotopic (exact) mass is 431 g/mol. The Morgan fingerprint density at radius 2 is 2.03 bits per heavy atom. The van der Waals surface area contributed by atoms with Crippen molar-refractivity contribution in [2.75, 3.05) is 25.5 Å². The van der Waals surface area contributed by atoms with Gasteiger partial charge in [-0.3, -0.25) is 14.8 Å². The first-order valence-electron chi connectivity index (χ1n) is 11.3. The van der Waals surface area contributed by atoms with E-state index in [0.29, 0.717) is 5.70 Å². The third-order valence-corrected chi connectivity index (χ3v) is 6.93. The van der Waals surface area contributed by atoms with Crippen molar-refractivity contribution in [2.45, 2.75) is 43.6 Å². The fraction of sp³-hybridized carbons (Fsp3) is 0.400. The molecule has 5 rings (SSSR count). The van der Waals surface area contributed by atoms with Crippen LogP contribution in [-0.4, -0.2) is 48.2 Å². The van der Waals surface area contributed by atoms with E-state index in [1.54, 1.807) is 24.7 Å². The Hall–Kier alpha value is -3.19. The van der Waals surface area contributed by atoms with Crippen LogP contribution in [-0.2, 0) is 10.2 Å². The standard InChI is InChI=1S/C25H29N5O2/c1-30-13-6-19(7-14-30)32-22-16-17(21(26)5-12-28-18-3-10-27-11-4-18)15-20-23(22)29-24(31)25(20)8-2-9-25/h3-5,10-12,15-16,19H,2,6-9,13-14,26H2,1H3,(H,29,31). The quantitative estimate of drug-likeness (QED) is 0.705. The van der Waals surface area contributed by atoms with Crippen LogP contribution in [0.15, 0.2) is 47.7 Å². The van der Waals surface area contributed by atoms with Crippen molar-refractivity contribution in [3.63, 3.8) is 0 Å². The summed E-state index contributed by atoms with van der Waals surface area (Å²) in [7, 11) is 2.13. The number of amides is 1. The molecule has 3 heterocycles.